The Morgan fingerprint density at radius 3 is 2.52 bits per heavy atom. The third-order valence-corrected chi connectivity index (χ3v) is 9.50. The Balaban J connectivity index is 1.49. The average Bonchev–Trinajstić information content (AvgIpc) is 3.19. The van der Waals surface area contributed by atoms with Gasteiger partial charge in [-0.05, 0) is 80.5 Å². The normalized spacial score (nSPS) is 54.0. The van der Waals surface area contributed by atoms with Crippen LogP contribution in [0.15, 0.2) is 11.6 Å². The van der Waals surface area contributed by atoms with Crippen LogP contribution < -0.4 is 0 Å². The van der Waals surface area contributed by atoms with Gasteiger partial charge in [-0.2, -0.15) is 0 Å². The number of aliphatic hydroxyl groups excluding tert-OH is 2. The summed E-state index contributed by atoms with van der Waals surface area (Å²) in [5.74, 6) is 1.38. The molecule has 0 aromatic heterocycles. The SMILES string of the molecule is CC1(C2CC[C@H]3[C@@H]4CC=C5C[C@@H](O)CC[C@]5(C)[C@H]4[C@@H](O)C[C@]23C)OCCO1. The van der Waals surface area contributed by atoms with Gasteiger partial charge in [0, 0.05) is 5.92 Å². The van der Waals surface area contributed by atoms with Crippen molar-refractivity contribution in [1.29, 1.82) is 0 Å². The van der Waals surface area contributed by atoms with Crippen molar-refractivity contribution in [1.82, 2.24) is 0 Å². The van der Waals surface area contributed by atoms with E-state index in [4.69, 9.17) is 9.47 Å². The Morgan fingerprint density at radius 2 is 1.78 bits per heavy atom. The second-order valence-electron chi connectivity index (χ2n) is 10.7. The van der Waals surface area contributed by atoms with Crippen LogP contribution >= 0.6 is 0 Å². The van der Waals surface area contributed by atoms with Crippen molar-refractivity contribution in [2.45, 2.75) is 83.7 Å². The molecule has 0 amide bonds. The summed E-state index contributed by atoms with van der Waals surface area (Å²) in [5, 5.41) is 21.6. The summed E-state index contributed by atoms with van der Waals surface area (Å²) in [7, 11) is 0. The van der Waals surface area contributed by atoms with E-state index in [0.29, 0.717) is 36.9 Å². The lowest BCUT2D eigenvalue weighted by molar-refractivity contribution is -0.223. The predicted molar refractivity (Wildman–Crippen MR) is 103 cm³/mol. The summed E-state index contributed by atoms with van der Waals surface area (Å²) < 4.78 is 12.2. The highest BCUT2D eigenvalue weighted by Crippen LogP contribution is 2.68. The van der Waals surface area contributed by atoms with E-state index in [2.05, 4.69) is 26.8 Å². The first-order valence-corrected chi connectivity index (χ1v) is 11.1. The zero-order valence-electron chi connectivity index (χ0n) is 17.1. The van der Waals surface area contributed by atoms with Crippen LogP contribution in [0.2, 0.25) is 0 Å². The highest BCUT2D eigenvalue weighted by atomic mass is 16.7. The number of aliphatic hydroxyl groups is 2. The van der Waals surface area contributed by atoms with Gasteiger partial charge in [-0.15, -0.1) is 0 Å². The minimum absolute atomic E-state index is 0.0608. The molecule has 152 valence electrons. The van der Waals surface area contributed by atoms with Gasteiger partial charge in [-0.3, -0.25) is 0 Å². The Bertz CT molecular complexity index is 638. The van der Waals surface area contributed by atoms with E-state index in [-0.39, 0.29) is 23.0 Å². The molecule has 0 radical (unpaired) electrons. The topological polar surface area (TPSA) is 58.9 Å². The molecule has 0 spiro atoms. The van der Waals surface area contributed by atoms with Gasteiger partial charge in [-0.25, -0.2) is 0 Å². The molecule has 0 aromatic rings. The molecule has 27 heavy (non-hydrogen) atoms. The monoisotopic (exact) mass is 376 g/mol. The maximum atomic E-state index is 11.5. The van der Waals surface area contributed by atoms with Crippen LogP contribution in [0.1, 0.15) is 65.7 Å². The van der Waals surface area contributed by atoms with Gasteiger partial charge in [0.05, 0.1) is 25.4 Å². The van der Waals surface area contributed by atoms with Crippen LogP contribution in [0.5, 0.6) is 0 Å². The van der Waals surface area contributed by atoms with Crippen molar-refractivity contribution in [3.8, 4) is 0 Å². The first kappa shape index (κ1) is 18.6. The number of rotatable bonds is 1. The molecule has 5 rings (SSSR count). The van der Waals surface area contributed by atoms with Crippen molar-refractivity contribution in [3.05, 3.63) is 11.6 Å². The maximum absolute atomic E-state index is 11.5. The molecule has 4 nitrogen and oxygen atoms in total. The van der Waals surface area contributed by atoms with E-state index < -0.39 is 5.79 Å². The lowest BCUT2D eigenvalue weighted by atomic mass is 9.46. The minimum atomic E-state index is -0.482. The van der Waals surface area contributed by atoms with Crippen LogP contribution in [0, 0.1) is 34.5 Å². The molecular weight excluding hydrogens is 340 g/mol. The second kappa shape index (κ2) is 6.04. The lowest BCUT2D eigenvalue weighted by Crippen LogP contribution is -2.58. The van der Waals surface area contributed by atoms with Crippen molar-refractivity contribution < 1.29 is 19.7 Å². The van der Waals surface area contributed by atoms with Crippen molar-refractivity contribution >= 4 is 0 Å². The standard InChI is InChI=1S/C23H36O4/c1-21-9-8-15(24)12-14(21)4-5-16-17-6-7-19(23(3)26-10-11-27-23)22(17,2)13-18(25)20(16)21/h4,15-20,24-25H,5-13H2,1-3H3/t15-,16-,17-,18-,19?,20+,21-,22-/m0/s1. The van der Waals surface area contributed by atoms with E-state index in [1.54, 1.807) is 0 Å². The van der Waals surface area contributed by atoms with E-state index >= 15 is 0 Å². The van der Waals surface area contributed by atoms with Gasteiger partial charge in [0.2, 0.25) is 0 Å². The highest BCUT2D eigenvalue weighted by molar-refractivity contribution is 5.26. The number of hydrogen-bond donors (Lipinski definition) is 2. The summed E-state index contributed by atoms with van der Waals surface area (Å²) in [6, 6.07) is 0. The molecule has 1 heterocycles. The summed E-state index contributed by atoms with van der Waals surface area (Å²) in [6.07, 6.45) is 8.92. The number of fused-ring (bicyclic) bond motifs is 5. The number of ether oxygens (including phenoxy) is 2. The molecule has 4 heteroatoms. The molecule has 0 aromatic carbocycles. The van der Waals surface area contributed by atoms with Gasteiger partial charge >= 0.3 is 0 Å². The zero-order chi connectivity index (χ0) is 19.0. The summed E-state index contributed by atoms with van der Waals surface area (Å²) >= 11 is 0. The zero-order valence-corrected chi connectivity index (χ0v) is 17.1. The lowest BCUT2D eigenvalue weighted by Gasteiger charge is -2.60. The molecule has 4 aliphatic carbocycles. The van der Waals surface area contributed by atoms with Crippen LogP contribution in [0.4, 0.5) is 0 Å². The summed E-state index contributed by atoms with van der Waals surface area (Å²) in [5.41, 5.74) is 1.55. The number of allylic oxidation sites excluding steroid dienone is 1. The Hall–Kier alpha value is -0.420. The van der Waals surface area contributed by atoms with Gasteiger partial charge < -0.3 is 19.7 Å². The van der Waals surface area contributed by atoms with Crippen LogP contribution in [0.3, 0.4) is 0 Å². The van der Waals surface area contributed by atoms with Crippen LogP contribution in [-0.2, 0) is 9.47 Å². The van der Waals surface area contributed by atoms with Crippen molar-refractivity contribution in [2.75, 3.05) is 13.2 Å². The molecule has 1 unspecified atom stereocenters. The highest BCUT2D eigenvalue weighted by Gasteiger charge is 2.65. The third-order valence-electron chi connectivity index (χ3n) is 9.50. The molecule has 1 aliphatic heterocycles. The van der Waals surface area contributed by atoms with E-state index in [9.17, 15) is 10.2 Å². The molecule has 5 aliphatic rings. The molecular formula is C23H36O4. The van der Waals surface area contributed by atoms with Crippen LogP contribution in [-0.4, -0.2) is 41.4 Å². The van der Waals surface area contributed by atoms with Gasteiger partial charge in [0.25, 0.3) is 0 Å². The molecule has 3 saturated carbocycles. The van der Waals surface area contributed by atoms with Gasteiger partial charge in [-0.1, -0.05) is 25.5 Å². The second-order valence-corrected chi connectivity index (χ2v) is 10.7. The van der Waals surface area contributed by atoms with E-state index in [0.717, 1.165) is 38.5 Å². The van der Waals surface area contributed by atoms with Crippen molar-refractivity contribution in [2.24, 2.45) is 34.5 Å². The summed E-state index contributed by atoms with van der Waals surface area (Å²) in [6.45, 7) is 8.27. The minimum Gasteiger partial charge on any atom is -0.393 e. The first-order valence-electron chi connectivity index (χ1n) is 11.1. The molecule has 1 saturated heterocycles. The van der Waals surface area contributed by atoms with Crippen molar-refractivity contribution in [3.63, 3.8) is 0 Å². The average molecular weight is 377 g/mol. The Morgan fingerprint density at radius 1 is 1.04 bits per heavy atom. The summed E-state index contributed by atoms with van der Waals surface area (Å²) in [4.78, 5) is 0. The predicted octanol–water partition coefficient (Wildman–Crippen LogP) is 3.66. The third kappa shape index (κ3) is 2.49. The maximum Gasteiger partial charge on any atom is 0.169 e. The first-order chi connectivity index (χ1) is 12.8. The molecule has 8 atom stereocenters. The fraction of sp³-hybridized carbons (Fsp3) is 0.913. The molecule has 0 bridgehead atoms. The smallest absolute Gasteiger partial charge is 0.169 e. The fourth-order valence-electron chi connectivity index (χ4n) is 8.37. The van der Waals surface area contributed by atoms with Gasteiger partial charge in [0.1, 0.15) is 0 Å². The quantitative estimate of drug-likeness (QED) is 0.686. The largest absolute Gasteiger partial charge is 0.393 e. The molecule has 2 N–H and O–H groups in total. The van der Waals surface area contributed by atoms with E-state index in [1.807, 2.05) is 0 Å². The Kier molecular flexibility index (Phi) is 4.16. The number of hydrogen-bond acceptors (Lipinski definition) is 4. The Labute approximate surface area is 163 Å². The fourth-order valence-corrected chi connectivity index (χ4v) is 8.37. The molecule has 4 fully saturated rings. The van der Waals surface area contributed by atoms with Crippen LogP contribution in [0.25, 0.3) is 0 Å². The van der Waals surface area contributed by atoms with E-state index in [1.165, 1.54) is 12.0 Å². The van der Waals surface area contributed by atoms with Gasteiger partial charge in [0.15, 0.2) is 5.79 Å².